The van der Waals surface area contributed by atoms with Crippen LogP contribution in [0, 0.1) is 10.1 Å². The van der Waals surface area contributed by atoms with Crippen molar-refractivity contribution in [2.75, 3.05) is 7.11 Å². The molecule has 150 valence electrons. The highest BCUT2D eigenvalue weighted by Crippen LogP contribution is 2.35. The summed E-state index contributed by atoms with van der Waals surface area (Å²) in [6.45, 7) is 5.58. The number of nitrogens with zero attached hydrogens (tertiary/aromatic N) is 1. The van der Waals surface area contributed by atoms with Crippen LogP contribution in [0.3, 0.4) is 0 Å². The molecule has 29 heavy (non-hydrogen) atoms. The summed E-state index contributed by atoms with van der Waals surface area (Å²) in [7, 11) is 1.48. The summed E-state index contributed by atoms with van der Waals surface area (Å²) >= 11 is 0. The van der Waals surface area contributed by atoms with E-state index in [0.29, 0.717) is 17.7 Å². The van der Waals surface area contributed by atoms with Crippen LogP contribution in [0.5, 0.6) is 5.75 Å². The van der Waals surface area contributed by atoms with Gasteiger partial charge in [-0.3, -0.25) is 10.1 Å². The van der Waals surface area contributed by atoms with E-state index in [-0.39, 0.29) is 18.1 Å². The SMILES string of the molecule is C=C(C)Cc1ccc(OC)cc1[N+](=O)[O-].Cl.c1ccc2c(c1)Cc1ccccc1-2. The highest BCUT2D eigenvalue weighted by molar-refractivity contribution is 5.85. The van der Waals surface area contributed by atoms with E-state index < -0.39 is 4.92 Å². The molecule has 3 aromatic carbocycles. The summed E-state index contributed by atoms with van der Waals surface area (Å²) in [5.41, 5.74) is 7.39. The molecule has 0 spiro atoms. The number of halogens is 1. The number of nitro benzene ring substituents is 1. The molecule has 4 nitrogen and oxygen atoms in total. The average Bonchev–Trinajstić information content (AvgIpc) is 3.07. The Morgan fingerprint density at radius 2 is 1.59 bits per heavy atom. The Labute approximate surface area is 177 Å². The quantitative estimate of drug-likeness (QED) is 0.222. The molecule has 0 heterocycles. The molecule has 0 saturated carbocycles. The number of methoxy groups -OCH3 is 1. The van der Waals surface area contributed by atoms with Crippen molar-refractivity contribution in [1.82, 2.24) is 0 Å². The number of benzene rings is 3. The molecule has 4 rings (SSSR count). The molecule has 0 radical (unpaired) electrons. The maximum atomic E-state index is 10.8. The van der Waals surface area contributed by atoms with Crippen molar-refractivity contribution in [3.05, 3.63) is 106 Å². The number of hydrogen-bond donors (Lipinski definition) is 0. The van der Waals surface area contributed by atoms with Gasteiger partial charge in [-0.15, -0.1) is 12.4 Å². The zero-order valence-corrected chi connectivity index (χ0v) is 17.4. The lowest BCUT2D eigenvalue weighted by molar-refractivity contribution is -0.385. The molecule has 0 N–H and O–H groups in total. The van der Waals surface area contributed by atoms with Gasteiger partial charge in [0.25, 0.3) is 5.69 Å². The molecule has 1 aliphatic carbocycles. The summed E-state index contributed by atoms with van der Waals surface area (Å²) in [6.07, 6.45) is 1.62. The Morgan fingerprint density at radius 1 is 1.03 bits per heavy atom. The average molecular weight is 410 g/mol. The van der Waals surface area contributed by atoms with Crippen LogP contribution in [0.2, 0.25) is 0 Å². The Bertz CT molecular complexity index is 987. The maximum Gasteiger partial charge on any atom is 0.276 e. The van der Waals surface area contributed by atoms with Gasteiger partial charge in [-0.2, -0.15) is 0 Å². The van der Waals surface area contributed by atoms with Gasteiger partial charge in [-0.05, 0) is 54.2 Å². The lowest BCUT2D eigenvalue weighted by atomic mass is 10.1. The zero-order chi connectivity index (χ0) is 20.1. The highest BCUT2D eigenvalue weighted by Gasteiger charge is 2.16. The number of hydrogen-bond acceptors (Lipinski definition) is 3. The van der Waals surface area contributed by atoms with Crippen LogP contribution < -0.4 is 4.74 Å². The van der Waals surface area contributed by atoms with Gasteiger partial charge in [-0.25, -0.2) is 0 Å². The second-order valence-electron chi connectivity index (χ2n) is 6.88. The fraction of sp³-hybridized carbons (Fsp3) is 0.167. The Balaban J connectivity index is 0.000000201. The van der Waals surface area contributed by atoms with Gasteiger partial charge in [-0.1, -0.05) is 60.7 Å². The molecule has 0 aliphatic heterocycles. The molecule has 5 heteroatoms. The van der Waals surface area contributed by atoms with Gasteiger partial charge in [0.15, 0.2) is 0 Å². The third-order valence-corrected chi connectivity index (χ3v) is 4.69. The highest BCUT2D eigenvalue weighted by atomic mass is 35.5. The fourth-order valence-corrected chi connectivity index (χ4v) is 3.39. The molecule has 0 fully saturated rings. The van der Waals surface area contributed by atoms with Crippen LogP contribution in [0.15, 0.2) is 78.9 Å². The van der Waals surface area contributed by atoms with E-state index in [1.807, 2.05) is 6.92 Å². The summed E-state index contributed by atoms with van der Waals surface area (Å²) in [5, 5.41) is 10.8. The molecule has 0 atom stereocenters. The van der Waals surface area contributed by atoms with Crippen molar-refractivity contribution in [3.63, 3.8) is 0 Å². The van der Waals surface area contributed by atoms with E-state index in [1.165, 1.54) is 35.4 Å². The van der Waals surface area contributed by atoms with Crippen LogP contribution in [0.25, 0.3) is 11.1 Å². The van der Waals surface area contributed by atoms with Gasteiger partial charge in [0.1, 0.15) is 5.75 Å². The van der Waals surface area contributed by atoms with E-state index in [1.54, 1.807) is 12.1 Å². The van der Waals surface area contributed by atoms with E-state index in [4.69, 9.17) is 4.74 Å². The first-order chi connectivity index (χ1) is 13.5. The summed E-state index contributed by atoms with van der Waals surface area (Å²) in [4.78, 5) is 10.4. The molecular formula is C24H24ClNO3. The third-order valence-electron chi connectivity index (χ3n) is 4.69. The molecule has 0 unspecified atom stereocenters. The lowest BCUT2D eigenvalue weighted by Crippen LogP contribution is -1.97. The van der Waals surface area contributed by atoms with E-state index in [2.05, 4.69) is 55.1 Å². The molecular weight excluding hydrogens is 386 g/mol. The molecule has 3 aromatic rings. The van der Waals surface area contributed by atoms with Crippen molar-refractivity contribution < 1.29 is 9.66 Å². The van der Waals surface area contributed by atoms with Gasteiger partial charge in [0, 0.05) is 5.56 Å². The van der Waals surface area contributed by atoms with Gasteiger partial charge in [0.2, 0.25) is 0 Å². The van der Waals surface area contributed by atoms with Crippen molar-refractivity contribution in [2.24, 2.45) is 0 Å². The number of allylic oxidation sites excluding steroid dienone is 1. The summed E-state index contributed by atoms with van der Waals surface area (Å²) < 4.78 is 4.94. The van der Waals surface area contributed by atoms with Gasteiger partial charge >= 0.3 is 0 Å². The number of ether oxygens (including phenoxy) is 1. The normalized spacial score (nSPS) is 10.6. The fourth-order valence-electron chi connectivity index (χ4n) is 3.39. The van der Waals surface area contributed by atoms with Crippen molar-refractivity contribution >= 4 is 18.1 Å². The molecule has 0 amide bonds. The molecule has 0 bridgehead atoms. The maximum absolute atomic E-state index is 10.8. The van der Waals surface area contributed by atoms with Crippen molar-refractivity contribution in [1.29, 1.82) is 0 Å². The van der Waals surface area contributed by atoms with Crippen LogP contribution in [-0.4, -0.2) is 12.0 Å². The van der Waals surface area contributed by atoms with Crippen LogP contribution >= 0.6 is 12.4 Å². The van der Waals surface area contributed by atoms with E-state index in [0.717, 1.165) is 12.0 Å². The van der Waals surface area contributed by atoms with Crippen LogP contribution in [0.4, 0.5) is 5.69 Å². The first kappa shape index (κ1) is 22.2. The Kier molecular flexibility index (Phi) is 7.57. The Hall–Kier alpha value is -3.11. The van der Waals surface area contributed by atoms with Crippen LogP contribution in [0.1, 0.15) is 23.6 Å². The van der Waals surface area contributed by atoms with E-state index in [9.17, 15) is 10.1 Å². The zero-order valence-electron chi connectivity index (χ0n) is 16.6. The predicted molar refractivity (Wildman–Crippen MR) is 120 cm³/mol. The van der Waals surface area contributed by atoms with Crippen LogP contribution in [-0.2, 0) is 12.8 Å². The second-order valence-corrected chi connectivity index (χ2v) is 6.88. The monoisotopic (exact) mass is 409 g/mol. The summed E-state index contributed by atoms with van der Waals surface area (Å²) in [6, 6.07) is 22.2. The number of fused-ring (bicyclic) bond motifs is 3. The first-order valence-corrected chi connectivity index (χ1v) is 9.11. The summed E-state index contributed by atoms with van der Waals surface area (Å²) in [5.74, 6) is 0.493. The van der Waals surface area contributed by atoms with Crippen molar-refractivity contribution in [3.8, 4) is 16.9 Å². The topological polar surface area (TPSA) is 52.4 Å². The molecule has 1 aliphatic rings. The molecule has 0 saturated heterocycles. The molecule has 0 aromatic heterocycles. The third kappa shape index (κ3) is 5.24. The number of nitro groups is 1. The van der Waals surface area contributed by atoms with Gasteiger partial charge < -0.3 is 4.74 Å². The van der Waals surface area contributed by atoms with Gasteiger partial charge in [0.05, 0.1) is 18.1 Å². The minimum Gasteiger partial charge on any atom is -0.497 e. The minimum absolute atomic E-state index is 0. The first-order valence-electron chi connectivity index (χ1n) is 9.11. The van der Waals surface area contributed by atoms with Crippen molar-refractivity contribution in [2.45, 2.75) is 19.8 Å². The minimum atomic E-state index is -0.402. The second kappa shape index (κ2) is 9.89. The predicted octanol–water partition coefficient (Wildman–Crippen LogP) is 6.40. The standard InChI is InChI=1S/C13H10.C11H13NO3.ClH/c1-3-7-12-10(5-1)9-11-6-2-4-8-13(11)12;1-8(2)6-9-4-5-10(15-3)7-11(9)12(13)14;/h1-8H,9H2;4-5,7H,1,6H2,2-3H3;1H. The lowest BCUT2D eigenvalue weighted by Gasteiger charge is -2.04. The Morgan fingerprint density at radius 3 is 2.07 bits per heavy atom. The van der Waals surface area contributed by atoms with E-state index >= 15 is 0 Å². The number of rotatable bonds is 4. The smallest absolute Gasteiger partial charge is 0.276 e. The largest absolute Gasteiger partial charge is 0.497 e.